The zero-order valence-electron chi connectivity index (χ0n) is 35.6. The first-order valence-corrected chi connectivity index (χ1v) is 20.6. The molecule has 324 valence electrons. The molecule has 6 nitrogen and oxygen atoms in total. The van der Waals surface area contributed by atoms with Crippen molar-refractivity contribution in [3.63, 3.8) is 0 Å². The Morgan fingerprint density at radius 3 is 1.41 bits per heavy atom. The second-order valence-electron chi connectivity index (χ2n) is 17.2. The van der Waals surface area contributed by atoms with Gasteiger partial charge in [0.05, 0.1) is 22.2 Å². The first-order valence-electron chi connectivity index (χ1n) is 20.6. The van der Waals surface area contributed by atoms with Crippen LogP contribution in [-0.2, 0) is 10.8 Å². The number of aryl methyl sites for hydroxylation is 4. The van der Waals surface area contributed by atoms with Crippen LogP contribution in [-0.4, -0.2) is 49.8 Å². The summed E-state index contributed by atoms with van der Waals surface area (Å²) in [6, 6.07) is 28.0. The Kier molecular flexibility index (Phi) is 9.52. The Hall–Kier alpha value is -6.82. The topological polar surface area (TPSA) is 74.8 Å². The van der Waals surface area contributed by atoms with Crippen LogP contribution < -0.4 is 9.80 Å². The number of ketones is 2. The lowest BCUT2D eigenvalue weighted by atomic mass is 9.66. The summed E-state index contributed by atoms with van der Waals surface area (Å²) in [4.78, 5) is 56.9. The van der Waals surface area contributed by atoms with E-state index in [2.05, 4.69) is 55.1 Å². The molecule has 6 aromatic carbocycles. The van der Waals surface area contributed by atoms with Crippen LogP contribution in [0.15, 0.2) is 109 Å². The van der Waals surface area contributed by atoms with Gasteiger partial charge in [-0.15, -0.1) is 0 Å². The molecule has 3 aliphatic rings. The average molecular weight is 871 g/mol. The number of imide groups is 1. The van der Waals surface area contributed by atoms with Crippen molar-refractivity contribution >= 4 is 34.8 Å². The molecule has 0 saturated heterocycles. The Morgan fingerprint density at radius 1 is 0.500 bits per heavy atom. The maximum Gasteiger partial charge on any atom is 0.411 e. The van der Waals surface area contributed by atoms with Gasteiger partial charge in [-0.1, -0.05) is 91.0 Å². The van der Waals surface area contributed by atoms with Crippen molar-refractivity contribution in [1.29, 1.82) is 0 Å². The average Bonchev–Trinajstić information content (AvgIpc) is 3.65. The molecule has 0 spiro atoms. The lowest BCUT2D eigenvalue weighted by Gasteiger charge is -2.38. The molecule has 0 bridgehead atoms. The smallest absolute Gasteiger partial charge is 0.377 e. The largest absolute Gasteiger partial charge is 0.411 e. The molecule has 2 aliphatic carbocycles. The highest BCUT2D eigenvalue weighted by molar-refractivity contribution is 6.35. The number of carbonyl (C=O) groups excluding carboxylic acids is 4. The van der Waals surface area contributed by atoms with Crippen LogP contribution in [0.4, 0.5) is 37.7 Å². The van der Waals surface area contributed by atoms with Crippen molar-refractivity contribution in [1.82, 2.24) is 0 Å². The number of halogens is 6. The fraction of sp³-hybridized carbons (Fsp3) is 0.231. The highest BCUT2D eigenvalue weighted by atomic mass is 19.4. The third kappa shape index (κ3) is 5.73. The Balaban J connectivity index is 1.20. The third-order valence-electron chi connectivity index (χ3n) is 13.3. The summed E-state index contributed by atoms with van der Waals surface area (Å²) < 4.78 is 92.3. The molecular formula is C52H40F6N2O4. The Labute approximate surface area is 365 Å². The number of anilines is 2. The van der Waals surface area contributed by atoms with Gasteiger partial charge in [-0.2, -0.15) is 26.3 Å². The molecule has 6 aromatic rings. The van der Waals surface area contributed by atoms with Crippen LogP contribution in [0.25, 0.3) is 11.1 Å². The second kappa shape index (κ2) is 14.4. The number of hydrogen-bond acceptors (Lipinski definition) is 5. The minimum Gasteiger partial charge on any atom is -0.377 e. The van der Waals surface area contributed by atoms with Gasteiger partial charge >= 0.3 is 12.4 Å². The number of benzene rings is 6. The van der Waals surface area contributed by atoms with Crippen molar-refractivity contribution in [3.05, 3.63) is 187 Å². The summed E-state index contributed by atoms with van der Waals surface area (Å²) in [5, 5.41) is 0. The number of Topliss-reactive ketones (excluding diaryl/α,β-unsaturated/α-hetero) is 2. The molecular weight excluding hydrogens is 831 g/mol. The van der Waals surface area contributed by atoms with Crippen LogP contribution in [0.1, 0.15) is 110 Å². The predicted octanol–water partition coefficient (Wildman–Crippen LogP) is 11.7. The summed E-state index contributed by atoms with van der Waals surface area (Å²) in [6.07, 6.45) is -12.7. The molecule has 12 heteroatoms. The molecule has 0 atom stereocenters. The van der Waals surface area contributed by atoms with Gasteiger partial charge < -0.3 is 4.90 Å². The van der Waals surface area contributed by atoms with E-state index in [-0.39, 0.29) is 29.7 Å². The van der Waals surface area contributed by atoms with Crippen molar-refractivity contribution in [3.8, 4) is 11.1 Å². The number of nitrogens with zero attached hydrogens (tertiary/aromatic N) is 2. The summed E-state index contributed by atoms with van der Waals surface area (Å²) in [6.45, 7) is 7.55. The first-order chi connectivity index (χ1) is 30.2. The lowest BCUT2D eigenvalue weighted by molar-refractivity contribution is -0.288. The Morgan fingerprint density at radius 2 is 0.922 bits per heavy atom. The third-order valence-corrected chi connectivity index (χ3v) is 13.3. The minimum atomic E-state index is -6.07. The molecule has 0 unspecified atom stereocenters. The fourth-order valence-corrected chi connectivity index (χ4v) is 10.8. The number of fused-ring (bicyclic) bond motifs is 5. The van der Waals surface area contributed by atoms with E-state index in [0.717, 1.165) is 67.2 Å². The molecule has 0 aromatic heterocycles. The number of alkyl halides is 6. The minimum absolute atomic E-state index is 0.150. The van der Waals surface area contributed by atoms with E-state index in [4.69, 9.17) is 0 Å². The van der Waals surface area contributed by atoms with Crippen LogP contribution >= 0.6 is 0 Å². The summed E-state index contributed by atoms with van der Waals surface area (Å²) in [7, 11) is 3.98. The molecule has 1 aliphatic heterocycles. The summed E-state index contributed by atoms with van der Waals surface area (Å²) in [5.74, 6) is -3.36. The standard InChI is InChI=1S/C52H40F6N2O4/c1-27-21-33(22-28(2)45(27)59(5)6)49(41-13-9-7-11-35(41)36-12-8-10-14-42(36)49)34-23-29(3)46(30(4)24-34)60-47(63)38-18-16-32(26-40(38)48(60)64)50(51(53,54)55,52(56,57)58)31-15-17-37-39(25-31)44(62)20-19-43(37)61/h7-18,21-26H,19-20H2,1-6H3. The molecule has 64 heavy (non-hydrogen) atoms. The van der Waals surface area contributed by atoms with Gasteiger partial charge in [0.25, 0.3) is 11.8 Å². The normalized spacial score (nSPS) is 15.6. The van der Waals surface area contributed by atoms with Crippen LogP contribution in [0.5, 0.6) is 0 Å². The highest BCUT2D eigenvalue weighted by Gasteiger charge is 2.73. The molecule has 0 fully saturated rings. The number of rotatable bonds is 6. The zero-order valence-corrected chi connectivity index (χ0v) is 35.6. The van der Waals surface area contributed by atoms with E-state index in [1.807, 2.05) is 50.5 Å². The van der Waals surface area contributed by atoms with Gasteiger partial charge in [0.2, 0.25) is 5.41 Å². The number of hydrogen-bond donors (Lipinski definition) is 0. The van der Waals surface area contributed by atoms with E-state index in [9.17, 15) is 19.2 Å². The van der Waals surface area contributed by atoms with E-state index >= 15 is 26.3 Å². The molecule has 2 amide bonds. The van der Waals surface area contributed by atoms with Gasteiger partial charge in [-0.05, 0) is 113 Å². The van der Waals surface area contributed by atoms with Crippen LogP contribution in [0.3, 0.4) is 0 Å². The van der Waals surface area contributed by atoms with Gasteiger partial charge in [0.1, 0.15) is 0 Å². The van der Waals surface area contributed by atoms with Crippen LogP contribution in [0, 0.1) is 27.7 Å². The SMILES string of the molecule is Cc1cc(C2(c3cc(C)c(N4C(=O)c5ccc(C(c6ccc7c(c6)C(=O)CCC7=O)(C(F)(F)F)C(F)(F)F)cc5C4=O)c(C)c3)c3ccccc3-c3ccccc32)cc(C)c1N(C)C. The molecule has 9 rings (SSSR count). The second-order valence-corrected chi connectivity index (χ2v) is 17.2. The van der Waals surface area contributed by atoms with E-state index < -0.39 is 68.8 Å². The quantitative estimate of drug-likeness (QED) is 0.123. The Bertz CT molecular complexity index is 2950. The zero-order chi connectivity index (χ0) is 46.0. The highest BCUT2D eigenvalue weighted by Crippen LogP contribution is 2.59. The molecule has 1 heterocycles. The predicted molar refractivity (Wildman–Crippen MR) is 232 cm³/mol. The van der Waals surface area contributed by atoms with E-state index in [1.54, 1.807) is 13.8 Å². The first kappa shape index (κ1) is 42.5. The van der Waals surface area contributed by atoms with Gasteiger partial charge in [-0.3, -0.25) is 19.2 Å². The van der Waals surface area contributed by atoms with Crippen molar-refractivity contribution in [2.24, 2.45) is 0 Å². The van der Waals surface area contributed by atoms with Gasteiger partial charge in [-0.25, -0.2) is 4.90 Å². The molecule has 0 radical (unpaired) electrons. The number of amides is 2. The fourth-order valence-electron chi connectivity index (χ4n) is 10.8. The maximum absolute atomic E-state index is 15.4. The van der Waals surface area contributed by atoms with Crippen molar-refractivity contribution in [2.45, 2.75) is 63.7 Å². The summed E-state index contributed by atoms with van der Waals surface area (Å²) >= 11 is 0. The van der Waals surface area contributed by atoms with E-state index in [0.29, 0.717) is 35.4 Å². The van der Waals surface area contributed by atoms with Gasteiger partial charge in [0, 0.05) is 43.8 Å². The van der Waals surface area contributed by atoms with Crippen molar-refractivity contribution < 1.29 is 45.5 Å². The van der Waals surface area contributed by atoms with Gasteiger partial charge in [0.15, 0.2) is 11.6 Å². The summed E-state index contributed by atoms with van der Waals surface area (Å²) in [5.41, 5.74) is -0.0189. The molecule has 0 saturated carbocycles. The van der Waals surface area contributed by atoms with Crippen LogP contribution in [0.2, 0.25) is 0 Å². The maximum atomic E-state index is 15.4. The monoisotopic (exact) mass is 870 g/mol. The van der Waals surface area contributed by atoms with Crippen molar-refractivity contribution in [2.75, 3.05) is 23.9 Å². The lowest BCUT2D eigenvalue weighted by Crippen LogP contribution is -2.55. The molecule has 0 N–H and O–H groups in total. The van der Waals surface area contributed by atoms with E-state index in [1.165, 1.54) is 0 Å². The number of carbonyl (C=O) groups is 4.